The number of nitrogens with one attached hydrogen (secondary N) is 1. The molecule has 0 bridgehead atoms. The lowest BCUT2D eigenvalue weighted by Gasteiger charge is -2.17. The molecule has 1 aromatic rings. The minimum absolute atomic E-state index is 0.0306. The third-order valence-electron chi connectivity index (χ3n) is 2.24. The van der Waals surface area contributed by atoms with Crippen LogP contribution >= 0.6 is 27.3 Å². The fourth-order valence-electron chi connectivity index (χ4n) is 1.21. The average molecular weight is 304 g/mol. The van der Waals surface area contributed by atoms with Gasteiger partial charge < -0.3 is 5.32 Å². The molecule has 0 aliphatic carbocycles. The fourth-order valence-corrected chi connectivity index (χ4v) is 2.66. The quantitative estimate of drug-likeness (QED) is 0.899. The topological polar surface area (TPSA) is 29.1 Å². The van der Waals surface area contributed by atoms with Gasteiger partial charge in [0.1, 0.15) is 0 Å². The van der Waals surface area contributed by atoms with Crippen LogP contribution in [0.1, 0.15) is 42.4 Å². The van der Waals surface area contributed by atoms with Gasteiger partial charge in [-0.05, 0) is 46.3 Å². The lowest BCUT2D eigenvalue weighted by Crippen LogP contribution is -2.26. The van der Waals surface area contributed by atoms with Crippen LogP contribution in [-0.2, 0) is 0 Å². The van der Waals surface area contributed by atoms with E-state index in [2.05, 4.69) is 42.0 Å². The molecule has 1 aromatic heterocycles. The van der Waals surface area contributed by atoms with E-state index in [4.69, 9.17) is 0 Å². The number of aryl methyl sites for hydroxylation is 1. The predicted octanol–water partition coefficient (Wildman–Crippen LogP) is 3.99. The molecule has 1 N–H and O–H groups in total. The van der Waals surface area contributed by atoms with Crippen molar-refractivity contribution in [2.24, 2.45) is 5.41 Å². The van der Waals surface area contributed by atoms with Crippen molar-refractivity contribution in [1.29, 1.82) is 0 Å². The van der Waals surface area contributed by atoms with Gasteiger partial charge in [0.15, 0.2) is 0 Å². The first-order valence-corrected chi connectivity index (χ1v) is 6.95. The summed E-state index contributed by atoms with van der Waals surface area (Å²) >= 11 is 4.91. The lowest BCUT2D eigenvalue weighted by atomic mass is 9.92. The molecule has 0 spiro atoms. The molecule has 4 heteroatoms. The molecular formula is C12H18BrNOS. The SMILES string of the molecule is Cc1cc(C(=O)NCCC(C)(C)C)sc1Br. The number of halogens is 1. The summed E-state index contributed by atoms with van der Waals surface area (Å²) in [4.78, 5) is 12.6. The maximum Gasteiger partial charge on any atom is 0.261 e. The molecule has 0 radical (unpaired) electrons. The van der Waals surface area contributed by atoms with Crippen molar-refractivity contribution in [3.8, 4) is 0 Å². The second-order valence-corrected chi connectivity index (χ2v) is 7.50. The van der Waals surface area contributed by atoms with Crippen molar-refractivity contribution in [1.82, 2.24) is 5.32 Å². The number of hydrogen-bond donors (Lipinski definition) is 1. The molecule has 1 rings (SSSR count). The van der Waals surface area contributed by atoms with Gasteiger partial charge in [0, 0.05) is 6.54 Å². The van der Waals surface area contributed by atoms with Crippen LogP contribution in [0.25, 0.3) is 0 Å². The molecule has 0 aliphatic heterocycles. The zero-order valence-corrected chi connectivity index (χ0v) is 12.6. The van der Waals surface area contributed by atoms with Gasteiger partial charge in [-0.2, -0.15) is 0 Å². The molecule has 0 saturated carbocycles. The normalized spacial score (nSPS) is 11.6. The van der Waals surface area contributed by atoms with E-state index in [-0.39, 0.29) is 11.3 Å². The van der Waals surface area contributed by atoms with Gasteiger partial charge in [-0.15, -0.1) is 11.3 Å². The van der Waals surface area contributed by atoms with E-state index in [0.717, 1.165) is 27.2 Å². The Morgan fingerprint density at radius 1 is 1.50 bits per heavy atom. The van der Waals surface area contributed by atoms with Gasteiger partial charge in [-0.1, -0.05) is 20.8 Å². The molecule has 1 amide bonds. The maximum absolute atomic E-state index is 11.8. The largest absolute Gasteiger partial charge is 0.351 e. The number of hydrogen-bond acceptors (Lipinski definition) is 2. The second-order valence-electron chi connectivity index (χ2n) is 5.13. The first-order chi connectivity index (χ1) is 7.29. The second kappa shape index (κ2) is 5.32. The van der Waals surface area contributed by atoms with Crippen LogP contribution in [0.5, 0.6) is 0 Å². The summed E-state index contributed by atoms with van der Waals surface area (Å²) in [7, 11) is 0. The molecule has 0 saturated heterocycles. The molecule has 2 nitrogen and oxygen atoms in total. The molecule has 0 fully saturated rings. The summed E-state index contributed by atoms with van der Waals surface area (Å²) in [6, 6.07) is 1.92. The standard InChI is InChI=1S/C12H18BrNOS/c1-8-7-9(16-10(8)13)11(15)14-6-5-12(2,3)4/h7H,5-6H2,1-4H3,(H,14,15). The van der Waals surface area contributed by atoms with Gasteiger partial charge >= 0.3 is 0 Å². The third-order valence-corrected chi connectivity index (χ3v) is 4.38. The van der Waals surface area contributed by atoms with E-state index in [1.807, 2.05) is 13.0 Å². The van der Waals surface area contributed by atoms with Gasteiger partial charge in [-0.25, -0.2) is 0 Å². The first-order valence-electron chi connectivity index (χ1n) is 5.34. The van der Waals surface area contributed by atoms with Crippen LogP contribution in [-0.4, -0.2) is 12.5 Å². The Hall–Kier alpha value is -0.350. The molecule has 1 heterocycles. The molecule has 16 heavy (non-hydrogen) atoms. The van der Waals surface area contributed by atoms with Crippen molar-refractivity contribution >= 4 is 33.2 Å². The summed E-state index contributed by atoms with van der Waals surface area (Å²) < 4.78 is 1.04. The van der Waals surface area contributed by atoms with E-state index in [1.54, 1.807) is 0 Å². The summed E-state index contributed by atoms with van der Waals surface area (Å²) in [6.07, 6.45) is 0.990. The molecule has 0 aromatic carbocycles. The number of amides is 1. The highest BCUT2D eigenvalue weighted by Gasteiger charge is 2.13. The highest BCUT2D eigenvalue weighted by molar-refractivity contribution is 9.11. The highest BCUT2D eigenvalue weighted by atomic mass is 79.9. The van der Waals surface area contributed by atoms with Crippen LogP contribution in [0.15, 0.2) is 9.85 Å². The van der Waals surface area contributed by atoms with Crippen LogP contribution in [0, 0.1) is 12.3 Å². The summed E-state index contributed by atoms with van der Waals surface area (Å²) in [5.41, 5.74) is 1.38. The third kappa shape index (κ3) is 4.26. The number of carbonyl (C=O) groups excluding carboxylic acids is 1. The summed E-state index contributed by atoms with van der Waals surface area (Å²) in [6.45, 7) is 9.24. The van der Waals surface area contributed by atoms with Crippen molar-refractivity contribution in [3.05, 3.63) is 20.3 Å². The Kier molecular flexibility index (Phi) is 4.56. The maximum atomic E-state index is 11.8. The summed E-state index contributed by atoms with van der Waals surface area (Å²) in [5, 5.41) is 2.95. The number of thiophene rings is 1. The van der Waals surface area contributed by atoms with Crippen molar-refractivity contribution in [2.45, 2.75) is 34.1 Å². The predicted molar refractivity (Wildman–Crippen MR) is 73.2 cm³/mol. The Bertz CT molecular complexity index is 359. The number of rotatable bonds is 3. The molecule has 0 unspecified atom stereocenters. The first kappa shape index (κ1) is 13.7. The zero-order chi connectivity index (χ0) is 12.3. The minimum Gasteiger partial charge on any atom is -0.351 e. The van der Waals surface area contributed by atoms with Crippen molar-refractivity contribution < 1.29 is 4.79 Å². The Balaban J connectivity index is 2.47. The fraction of sp³-hybridized carbons (Fsp3) is 0.583. The average Bonchev–Trinajstić information content (AvgIpc) is 2.45. The lowest BCUT2D eigenvalue weighted by molar-refractivity contribution is 0.0953. The molecule has 0 aliphatic rings. The van der Waals surface area contributed by atoms with E-state index in [9.17, 15) is 4.79 Å². The summed E-state index contributed by atoms with van der Waals surface area (Å²) in [5.74, 6) is 0.0306. The van der Waals surface area contributed by atoms with Gasteiger partial charge in [0.05, 0.1) is 8.66 Å². The number of carbonyl (C=O) groups is 1. The Labute approximate surface area is 110 Å². The van der Waals surface area contributed by atoms with Crippen LogP contribution in [0.2, 0.25) is 0 Å². The van der Waals surface area contributed by atoms with Gasteiger partial charge in [-0.3, -0.25) is 4.79 Å². The van der Waals surface area contributed by atoms with Crippen LogP contribution in [0.4, 0.5) is 0 Å². The van der Waals surface area contributed by atoms with Gasteiger partial charge in [0.2, 0.25) is 0 Å². The molecular weight excluding hydrogens is 286 g/mol. The smallest absolute Gasteiger partial charge is 0.261 e. The highest BCUT2D eigenvalue weighted by Crippen LogP contribution is 2.27. The van der Waals surface area contributed by atoms with E-state index < -0.39 is 0 Å². The van der Waals surface area contributed by atoms with Crippen molar-refractivity contribution in [2.75, 3.05) is 6.54 Å². The van der Waals surface area contributed by atoms with Gasteiger partial charge in [0.25, 0.3) is 5.91 Å². The Morgan fingerprint density at radius 2 is 2.12 bits per heavy atom. The minimum atomic E-state index is 0.0306. The molecule has 90 valence electrons. The molecule has 0 atom stereocenters. The Morgan fingerprint density at radius 3 is 2.56 bits per heavy atom. The zero-order valence-electron chi connectivity index (χ0n) is 10.2. The van der Waals surface area contributed by atoms with E-state index >= 15 is 0 Å². The van der Waals surface area contributed by atoms with Crippen LogP contribution in [0.3, 0.4) is 0 Å². The monoisotopic (exact) mass is 303 g/mol. The van der Waals surface area contributed by atoms with E-state index in [1.165, 1.54) is 11.3 Å². The van der Waals surface area contributed by atoms with E-state index in [0.29, 0.717) is 0 Å². The van der Waals surface area contributed by atoms with Crippen LogP contribution < -0.4 is 5.32 Å². The van der Waals surface area contributed by atoms with Crippen molar-refractivity contribution in [3.63, 3.8) is 0 Å².